The Balaban J connectivity index is 1.34. The third-order valence-corrected chi connectivity index (χ3v) is 7.14. The predicted octanol–water partition coefficient (Wildman–Crippen LogP) is 5.67. The van der Waals surface area contributed by atoms with Crippen molar-refractivity contribution in [1.82, 2.24) is 10.2 Å². The number of likely N-dealkylation sites (tertiary alicyclic amines) is 1. The van der Waals surface area contributed by atoms with E-state index in [1.807, 2.05) is 54.6 Å². The Morgan fingerprint density at radius 1 is 0.757 bits per heavy atom. The summed E-state index contributed by atoms with van der Waals surface area (Å²) in [6.07, 6.45) is 1.83. The van der Waals surface area contributed by atoms with Gasteiger partial charge in [-0.25, -0.2) is 0 Å². The zero-order valence-electron chi connectivity index (χ0n) is 20.8. The van der Waals surface area contributed by atoms with Gasteiger partial charge in [0.25, 0.3) is 5.91 Å². The van der Waals surface area contributed by atoms with Crippen LogP contribution in [0.25, 0.3) is 0 Å². The van der Waals surface area contributed by atoms with Gasteiger partial charge in [0.15, 0.2) is 0 Å². The lowest BCUT2D eigenvalue weighted by molar-refractivity contribution is 0.0908. The standard InChI is InChI=1S/C32H32N2O3/c35-27-14-10-24(11-15-27)31(25-12-16-28(36)17-13-25)29-8-4-5-9-30(29)32(37)33-26-18-20-34(21-19-26)22-23-6-2-1-3-7-23/h1-17,26,31,35-36H,18-22H2,(H,33,37). The minimum absolute atomic E-state index is 0.0698. The number of carbonyl (C=O) groups is 1. The molecule has 0 unspecified atom stereocenters. The lowest BCUT2D eigenvalue weighted by Gasteiger charge is -2.32. The Morgan fingerprint density at radius 2 is 1.30 bits per heavy atom. The molecule has 0 aromatic heterocycles. The van der Waals surface area contributed by atoms with E-state index in [4.69, 9.17) is 0 Å². The minimum atomic E-state index is -0.226. The molecule has 1 aliphatic heterocycles. The minimum Gasteiger partial charge on any atom is -0.508 e. The largest absolute Gasteiger partial charge is 0.508 e. The van der Waals surface area contributed by atoms with Crippen molar-refractivity contribution in [1.29, 1.82) is 0 Å². The fraction of sp³-hybridized carbons (Fsp3) is 0.219. The molecule has 5 nitrogen and oxygen atoms in total. The summed E-state index contributed by atoms with van der Waals surface area (Å²) in [6, 6.07) is 32.5. The van der Waals surface area contributed by atoms with Crippen LogP contribution in [0.4, 0.5) is 0 Å². The molecule has 37 heavy (non-hydrogen) atoms. The molecule has 1 aliphatic rings. The van der Waals surface area contributed by atoms with Gasteiger partial charge in [-0.1, -0.05) is 72.8 Å². The van der Waals surface area contributed by atoms with Gasteiger partial charge in [0.05, 0.1) is 0 Å². The van der Waals surface area contributed by atoms with Gasteiger partial charge in [0, 0.05) is 37.2 Å². The van der Waals surface area contributed by atoms with E-state index in [0.717, 1.165) is 49.2 Å². The van der Waals surface area contributed by atoms with E-state index < -0.39 is 0 Å². The number of phenolic OH excluding ortho intramolecular Hbond substituents is 2. The van der Waals surface area contributed by atoms with E-state index in [1.165, 1.54) is 5.56 Å². The second kappa shape index (κ2) is 11.3. The number of nitrogens with one attached hydrogen (secondary N) is 1. The van der Waals surface area contributed by atoms with Crippen molar-refractivity contribution in [3.63, 3.8) is 0 Å². The van der Waals surface area contributed by atoms with Crippen molar-refractivity contribution < 1.29 is 15.0 Å². The fourth-order valence-corrected chi connectivity index (χ4v) is 5.18. The molecular weight excluding hydrogens is 460 g/mol. The van der Waals surface area contributed by atoms with E-state index in [2.05, 4.69) is 34.5 Å². The third kappa shape index (κ3) is 6.01. The van der Waals surface area contributed by atoms with Gasteiger partial charge in [-0.3, -0.25) is 9.69 Å². The van der Waals surface area contributed by atoms with Crippen LogP contribution in [0.2, 0.25) is 0 Å². The predicted molar refractivity (Wildman–Crippen MR) is 146 cm³/mol. The van der Waals surface area contributed by atoms with Crippen LogP contribution in [0, 0.1) is 0 Å². The summed E-state index contributed by atoms with van der Waals surface area (Å²) >= 11 is 0. The molecule has 0 aliphatic carbocycles. The topological polar surface area (TPSA) is 72.8 Å². The van der Waals surface area contributed by atoms with Crippen molar-refractivity contribution >= 4 is 5.91 Å². The first-order chi connectivity index (χ1) is 18.1. The average molecular weight is 493 g/mol. The van der Waals surface area contributed by atoms with Crippen molar-refractivity contribution in [3.8, 4) is 11.5 Å². The van der Waals surface area contributed by atoms with Crippen molar-refractivity contribution in [2.24, 2.45) is 0 Å². The summed E-state index contributed by atoms with van der Waals surface area (Å²) in [6.45, 7) is 2.83. The Hall–Kier alpha value is -4.09. The number of rotatable bonds is 7. The van der Waals surface area contributed by atoms with Crippen LogP contribution in [0.3, 0.4) is 0 Å². The third-order valence-electron chi connectivity index (χ3n) is 7.14. The summed E-state index contributed by atoms with van der Waals surface area (Å²) < 4.78 is 0. The van der Waals surface area contributed by atoms with Crippen molar-refractivity contribution in [2.45, 2.75) is 31.3 Å². The summed E-state index contributed by atoms with van der Waals surface area (Å²) in [4.78, 5) is 16.0. The molecule has 1 amide bonds. The molecule has 4 aromatic carbocycles. The van der Waals surface area contributed by atoms with Gasteiger partial charge in [-0.2, -0.15) is 0 Å². The number of amides is 1. The van der Waals surface area contributed by atoms with Crippen LogP contribution in [-0.2, 0) is 6.54 Å². The number of piperidine rings is 1. The van der Waals surface area contributed by atoms with Crippen LogP contribution in [0.5, 0.6) is 11.5 Å². The van der Waals surface area contributed by atoms with E-state index >= 15 is 0 Å². The summed E-state index contributed by atoms with van der Waals surface area (Å²) in [5.74, 6) is 0.0891. The molecule has 188 valence electrons. The van der Waals surface area contributed by atoms with Gasteiger partial charge >= 0.3 is 0 Å². The van der Waals surface area contributed by atoms with Gasteiger partial charge in [-0.05, 0) is 65.4 Å². The van der Waals surface area contributed by atoms with Crippen LogP contribution < -0.4 is 5.32 Å². The van der Waals surface area contributed by atoms with Crippen LogP contribution in [0.1, 0.15) is 51.4 Å². The lowest BCUT2D eigenvalue weighted by Crippen LogP contribution is -2.44. The first-order valence-electron chi connectivity index (χ1n) is 12.8. The Kier molecular flexibility index (Phi) is 7.52. The summed E-state index contributed by atoms with van der Waals surface area (Å²) in [5, 5.41) is 23.0. The highest BCUT2D eigenvalue weighted by molar-refractivity contribution is 5.96. The van der Waals surface area contributed by atoms with Crippen molar-refractivity contribution in [2.75, 3.05) is 13.1 Å². The number of hydrogen-bond donors (Lipinski definition) is 3. The highest BCUT2D eigenvalue weighted by Crippen LogP contribution is 2.35. The second-order valence-electron chi connectivity index (χ2n) is 9.71. The molecule has 5 rings (SSSR count). The molecule has 3 N–H and O–H groups in total. The zero-order chi connectivity index (χ0) is 25.6. The lowest BCUT2D eigenvalue weighted by atomic mass is 9.82. The SMILES string of the molecule is O=C(NC1CCN(Cc2ccccc2)CC1)c1ccccc1C(c1ccc(O)cc1)c1ccc(O)cc1. The molecule has 1 saturated heterocycles. The molecule has 4 aromatic rings. The van der Waals surface area contributed by atoms with Crippen LogP contribution in [-0.4, -0.2) is 40.2 Å². The molecule has 1 heterocycles. The van der Waals surface area contributed by atoms with E-state index in [9.17, 15) is 15.0 Å². The van der Waals surface area contributed by atoms with E-state index in [-0.39, 0.29) is 29.4 Å². The maximum absolute atomic E-state index is 13.6. The summed E-state index contributed by atoms with van der Waals surface area (Å²) in [5.41, 5.74) is 4.75. The molecule has 1 fully saturated rings. The average Bonchev–Trinajstić information content (AvgIpc) is 2.93. The molecule has 0 saturated carbocycles. The van der Waals surface area contributed by atoms with E-state index in [1.54, 1.807) is 24.3 Å². The normalized spacial score (nSPS) is 14.5. The van der Waals surface area contributed by atoms with E-state index in [0.29, 0.717) is 5.56 Å². The monoisotopic (exact) mass is 492 g/mol. The number of carbonyl (C=O) groups excluding carboxylic acids is 1. The highest BCUT2D eigenvalue weighted by atomic mass is 16.3. The fourth-order valence-electron chi connectivity index (χ4n) is 5.18. The second-order valence-corrected chi connectivity index (χ2v) is 9.71. The number of phenols is 2. The first-order valence-corrected chi connectivity index (χ1v) is 12.8. The Bertz CT molecular complexity index is 1270. The maximum Gasteiger partial charge on any atom is 0.251 e. The molecule has 0 atom stereocenters. The van der Waals surface area contributed by atoms with Crippen molar-refractivity contribution in [3.05, 3.63) is 131 Å². The van der Waals surface area contributed by atoms with Gasteiger partial charge < -0.3 is 15.5 Å². The van der Waals surface area contributed by atoms with Crippen LogP contribution in [0.15, 0.2) is 103 Å². The number of hydrogen-bond acceptors (Lipinski definition) is 4. The zero-order valence-corrected chi connectivity index (χ0v) is 20.8. The van der Waals surface area contributed by atoms with Gasteiger partial charge in [0.1, 0.15) is 11.5 Å². The van der Waals surface area contributed by atoms with Gasteiger partial charge in [0.2, 0.25) is 0 Å². The van der Waals surface area contributed by atoms with Gasteiger partial charge in [-0.15, -0.1) is 0 Å². The van der Waals surface area contributed by atoms with Crippen LogP contribution >= 0.6 is 0 Å². The Labute approximate surface area is 218 Å². The molecular formula is C32H32N2O3. The first kappa shape index (κ1) is 24.6. The molecule has 0 radical (unpaired) electrons. The summed E-state index contributed by atoms with van der Waals surface area (Å²) in [7, 11) is 0. The molecule has 5 heteroatoms. The number of aromatic hydroxyl groups is 2. The Morgan fingerprint density at radius 3 is 1.89 bits per heavy atom. The maximum atomic E-state index is 13.6. The smallest absolute Gasteiger partial charge is 0.251 e. The number of benzene rings is 4. The highest BCUT2D eigenvalue weighted by Gasteiger charge is 2.25. The number of nitrogens with zero attached hydrogens (tertiary/aromatic N) is 1. The molecule has 0 spiro atoms. The molecule has 0 bridgehead atoms. The quantitative estimate of drug-likeness (QED) is 0.291.